The summed E-state index contributed by atoms with van der Waals surface area (Å²) in [4.78, 5) is 23.4. The molecule has 2 atom stereocenters. The van der Waals surface area contributed by atoms with E-state index >= 15 is 0 Å². The highest BCUT2D eigenvalue weighted by Crippen LogP contribution is 2.33. The average molecular weight is 283 g/mol. The molecular weight excluding hydrogens is 268 g/mol. The second-order valence-electron chi connectivity index (χ2n) is 4.64. The van der Waals surface area contributed by atoms with Crippen molar-refractivity contribution in [1.29, 1.82) is 0 Å². The highest BCUT2D eigenvalue weighted by Gasteiger charge is 2.37. The molecule has 4 nitrogen and oxygen atoms in total. The van der Waals surface area contributed by atoms with Gasteiger partial charge in [-0.05, 0) is 18.6 Å². The normalized spacial score (nSPS) is 22.2. The predicted molar refractivity (Wildman–Crippen MR) is 66.8 cm³/mol. The SMILES string of the molecule is CCOC(=O)[C@@H]1CNC(=O)C[C@H]1c1ccc(F)cc1F. The minimum atomic E-state index is -0.751. The van der Waals surface area contributed by atoms with E-state index in [2.05, 4.69) is 5.32 Å². The van der Waals surface area contributed by atoms with E-state index in [0.717, 1.165) is 12.1 Å². The van der Waals surface area contributed by atoms with Gasteiger partial charge in [-0.1, -0.05) is 6.07 Å². The zero-order valence-electron chi connectivity index (χ0n) is 11.0. The van der Waals surface area contributed by atoms with Crippen LogP contribution in [-0.2, 0) is 14.3 Å². The largest absolute Gasteiger partial charge is 0.466 e. The molecule has 0 aromatic heterocycles. The fourth-order valence-corrected chi connectivity index (χ4v) is 2.41. The first-order chi connectivity index (χ1) is 9.52. The van der Waals surface area contributed by atoms with Crippen LogP contribution >= 0.6 is 0 Å². The first-order valence-corrected chi connectivity index (χ1v) is 6.41. The Morgan fingerprint density at radius 1 is 1.45 bits per heavy atom. The number of carbonyl (C=O) groups excluding carboxylic acids is 2. The number of hydrogen-bond donors (Lipinski definition) is 1. The smallest absolute Gasteiger partial charge is 0.311 e. The molecule has 1 fully saturated rings. The van der Waals surface area contributed by atoms with Crippen molar-refractivity contribution in [2.24, 2.45) is 5.92 Å². The van der Waals surface area contributed by atoms with E-state index in [1.54, 1.807) is 6.92 Å². The lowest BCUT2D eigenvalue weighted by Gasteiger charge is -2.30. The van der Waals surface area contributed by atoms with Gasteiger partial charge in [-0.3, -0.25) is 9.59 Å². The molecular formula is C14H15F2NO3. The van der Waals surface area contributed by atoms with Crippen molar-refractivity contribution < 1.29 is 23.1 Å². The fraction of sp³-hybridized carbons (Fsp3) is 0.429. The summed E-state index contributed by atoms with van der Waals surface area (Å²) >= 11 is 0. The van der Waals surface area contributed by atoms with Gasteiger partial charge < -0.3 is 10.1 Å². The lowest BCUT2D eigenvalue weighted by molar-refractivity contribution is -0.150. The molecule has 1 aromatic carbocycles. The summed E-state index contributed by atoms with van der Waals surface area (Å²) in [7, 11) is 0. The highest BCUT2D eigenvalue weighted by molar-refractivity contribution is 5.83. The lowest BCUT2D eigenvalue weighted by atomic mass is 9.80. The van der Waals surface area contributed by atoms with E-state index in [9.17, 15) is 18.4 Å². The number of carbonyl (C=O) groups is 2. The van der Waals surface area contributed by atoms with Gasteiger partial charge in [-0.25, -0.2) is 8.78 Å². The Morgan fingerprint density at radius 3 is 2.85 bits per heavy atom. The van der Waals surface area contributed by atoms with Crippen LogP contribution in [0.5, 0.6) is 0 Å². The second kappa shape index (κ2) is 5.98. The van der Waals surface area contributed by atoms with Crippen LogP contribution in [0.4, 0.5) is 8.78 Å². The maximum absolute atomic E-state index is 13.9. The molecule has 0 saturated carbocycles. The van der Waals surface area contributed by atoms with E-state index in [-0.39, 0.29) is 31.0 Å². The van der Waals surface area contributed by atoms with Gasteiger partial charge in [-0.15, -0.1) is 0 Å². The van der Waals surface area contributed by atoms with Gasteiger partial charge in [0.05, 0.1) is 12.5 Å². The molecule has 0 radical (unpaired) electrons. The molecule has 1 N–H and O–H groups in total. The van der Waals surface area contributed by atoms with E-state index < -0.39 is 29.4 Å². The molecule has 20 heavy (non-hydrogen) atoms. The topological polar surface area (TPSA) is 55.4 Å². The zero-order chi connectivity index (χ0) is 14.7. The van der Waals surface area contributed by atoms with Crippen LogP contribution in [0.2, 0.25) is 0 Å². The number of halogens is 2. The second-order valence-corrected chi connectivity index (χ2v) is 4.64. The maximum atomic E-state index is 13.9. The summed E-state index contributed by atoms with van der Waals surface area (Å²) in [6, 6.07) is 3.15. The van der Waals surface area contributed by atoms with Crippen molar-refractivity contribution >= 4 is 11.9 Å². The van der Waals surface area contributed by atoms with Gasteiger partial charge in [0.2, 0.25) is 5.91 Å². The molecule has 1 saturated heterocycles. The van der Waals surface area contributed by atoms with Gasteiger partial charge in [0.25, 0.3) is 0 Å². The van der Waals surface area contributed by atoms with E-state index in [4.69, 9.17) is 4.74 Å². The summed E-state index contributed by atoms with van der Waals surface area (Å²) in [6.45, 7) is 1.98. The quantitative estimate of drug-likeness (QED) is 0.860. The summed E-state index contributed by atoms with van der Waals surface area (Å²) in [6.07, 6.45) is -0.0218. The monoisotopic (exact) mass is 283 g/mol. The molecule has 1 heterocycles. The number of esters is 1. The fourth-order valence-electron chi connectivity index (χ4n) is 2.41. The Labute approximate surface area is 115 Å². The van der Waals surface area contributed by atoms with Crippen LogP contribution in [0.3, 0.4) is 0 Å². The maximum Gasteiger partial charge on any atom is 0.311 e. The Kier molecular flexibility index (Phi) is 4.32. The molecule has 1 aliphatic heterocycles. The summed E-state index contributed by atoms with van der Waals surface area (Å²) < 4.78 is 31.8. The number of rotatable bonds is 3. The van der Waals surface area contributed by atoms with Crippen LogP contribution in [-0.4, -0.2) is 25.0 Å². The van der Waals surface area contributed by atoms with Gasteiger partial charge >= 0.3 is 5.97 Å². The minimum absolute atomic E-state index is 0.0218. The highest BCUT2D eigenvalue weighted by atomic mass is 19.1. The van der Waals surface area contributed by atoms with E-state index in [1.165, 1.54) is 6.07 Å². The van der Waals surface area contributed by atoms with Gasteiger partial charge in [0, 0.05) is 24.9 Å². The van der Waals surface area contributed by atoms with Crippen LogP contribution in [0.1, 0.15) is 24.8 Å². The molecule has 0 aliphatic carbocycles. The molecule has 0 bridgehead atoms. The van der Waals surface area contributed by atoms with E-state index in [0.29, 0.717) is 0 Å². The Bertz CT molecular complexity index is 533. The summed E-state index contributed by atoms with van der Waals surface area (Å²) in [5.74, 6) is -3.49. The van der Waals surface area contributed by atoms with Crippen LogP contribution in [0, 0.1) is 17.6 Å². The third-order valence-corrected chi connectivity index (χ3v) is 3.36. The van der Waals surface area contributed by atoms with Crippen LogP contribution in [0.25, 0.3) is 0 Å². The molecule has 0 spiro atoms. The molecule has 1 aliphatic rings. The standard InChI is InChI=1S/C14H15F2NO3/c1-2-20-14(19)11-7-17-13(18)6-10(11)9-4-3-8(15)5-12(9)16/h3-5,10-11H,2,6-7H2,1H3,(H,17,18)/t10-,11+/m0/s1. The zero-order valence-corrected chi connectivity index (χ0v) is 11.0. The molecule has 1 amide bonds. The number of piperidine rings is 1. The Hall–Kier alpha value is -1.98. The Balaban J connectivity index is 2.32. The lowest BCUT2D eigenvalue weighted by Crippen LogP contribution is -2.44. The Morgan fingerprint density at radius 2 is 2.20 bits per heavy atom. The first-order valence-electron chi connectivity index (χ1n) is 6.41. The molecule has 6 heteroatoms. The molecule has 0 unspecified atom stereocenters. The summed E-state index contributed by atoms with van der Waals surface area (Å²) in [5, 5.41) is 2.57. The number of ether oxygens (including phenoxy) is 1. The number of hydrogen-bond acceptors (Lipinski definition) is 3. The van der Waals surface area contributed by atoms with Crippen molar-refractivity contribution in [1.82, 2.24) is 5.32 Å². The van der Waals surface area contributed by atoms with Crippen molar-refractivity contribution in [3.8, 4) is 0 Å². The molecule has 108 valence electrons. The molecule has 1 aromatic rings. The van der Waals surface area contributed by atoms with Crippen molar-refractivity contribution in [2.45, 2.75) is 19.3 Å². The van der Waals surface area contributed by atoms with Gasteiger partial charge in [-0.2, -0.15) is 0 Å². The van der Waals surface area contributed by atoms with Crippen LogP contribution in [0.15, 0.2) is 18.2 Å². The van der Waals surface area contributed by atoms with Crippen molar-refractivity contribution in [2.75, 3.05) is 13.2 Å². The number of benzene rings is 1. The van der Waals surface area contributed by atoms with Crippen LogP contribution < -0.4 is 5.32 Å². The summed E-state index contributed by atoms with van der Waals surface area (Å²) in [5.41, 5.74) is 0.166. The number of amides is 1. The minimum Gasteiger partial charge on any atom is -0.466 e. The van der Waals surface area contributed by atoms with Gasteiger partial charge in [0.1, 0.15) is 11.6 Å². The predicted octanol–water partition coefficient (Wildman–Crippen LogP) is 1.75. The third-order valence-electron chi connectivity index (χ3n) is 3.36. The van der Waals surface area contributed by atoms with Crippen molar-refractivity contribution in [3.05, 3.63) is 35.4 Å². The van der Waals surface area contributed by atoms with Crippen molar-refractivity contribution in [3.63, 3.8) is 0 Å². The van der Waals surface area contributed by atoms with Gasteiger partial charge in [0.15, 0.2) is 0 Å². The third kappa shape index (κ3) is 2.95. The molecule has 2 rings (SSSR count). The van der Waals surface area contributed by atoms with E-state index in [1.807, 2.05) is 0 Å². The first kappa shape index (κ1) is 14.4. The number of nitrogens with one attached hydrogen (secondary N) is 1. The average Bonchev–Trinajstić information content (AvgIpc) is 2.38.